The zero-order chi connectivity index (χ0) is 51.9. The van der Waals surface area contributed by atoms with Crippen molar-refractivity contribution in [2.75, 3.05) is 4.90 Å². The third-order valence-corrected chi connectivity index (χ3v) is 18.3. The molecule has 14 rings (SSSR count). The van der Waals surface area contributed by atoms with Crippen LogP contribution in [-0.2, 0) is 33.5 Å². The molecular formula is C75H65N. The molecule has 10 aromatic carbocycles. The second-order valence-electron chi connectivity index (χ2n) is 24.8. The zero-order valence-corrected chi connectivity index (χ0v) is 45.2. The molecule has 1 atom stereocenters. The Morgan fingerprint density at radius 3 is 1.41 bits per heavy atom. The molecule has 1 heteroatoms. The van der Waals surface area contributed by atoms with E-state index >= 15 is 0 Å². The third-order valence-electron chi connectivity index (χ3n) is 18.3. The number of rotatable bonds is 6. The highest BCUT2D eigenvalue weighted by atomic mass is 15.1. The molecule has 0 saturated heterocycles. The van der Waals surface area contributed by atoms with Crippen LogP contribution in [0.1, 0.15) is 129 Å². The Morgan fingerprint density at radius 1 is 0.355 bits per heavy atom. The van der Waals surface area contributed by atoms with Gasteiger partial charge in [0.2, 0.25) is 0 Å². The van der Waals surface area contributed by atoms with Crippen LogP contribution < -0.4 is 4.90 Å². The maximum Gasteiger partial charge on any atom is 0.0714 e. The molecule has 0 aliphatic heterocycles. The van der Waals surface area contributed by atoms with Crippen molar-refractivity contribution in [1.82, 2.24) is 0 Å². The molecule has 4 aliphatic rings. The summed E-state index contributed by atoms with van der Waals surface area (Å²) >= 11 is 0. The van der Waals surface area contributed by atoms with Crippen LogP contribution in [0.5, 0.6) is 0 Å². The average molecular weight is 980 g/mol. The van der Waals surface area contributed by atoms with Crippen LogP contribution in [0.2, 0.25) is 0 Å². The molecule has 1 spiro atoms. The van der Waals surface area contributed by atoms with Gasteiger partial charge in [0.25, 0.3) is 0 Å². The zero-order valence-electron chi connectivity index (χ0n) is 45.2. The van der Waals surface area contributed by atoms with Gasteiger partial charge in [0.15, 0.2) is 0 Å². The van der Waals surface area contributed by atoms with E-state index in [-0.39, 0.29) is 21.7 Å². The van der Waals surface area contributed by atoms with E-state index in [4.69, 9.17) is 0 Å². The lowest BCUT2D eigenvalue weighted by Gasteiger charge is -2.36. The quantitative estimate of drug-likeness (QED) is 0.160. The van der Waals surface area contributed by atoms with Gasteiger partial charge in [-0.3, -0.25) is 0 Å². The summed E-state index contributed by atoms with van der Waals surface area (Å²) < 4.78 is 0. The smallest absolute Gasteiger partial charge is 0.0714 e. The predicted octanol–water partition coefficient (Wildman–Crippen LogP) is 19.3. The van der Waals surface area contributed by atoms with E-state index in [0.29, 0.717) is 0 Å². The minimum absolute atomic E-state index is 0.0207. The highest BCUT2D eigenvalue weighted by Crippen LogP contribution is 2.61. The normalized spacial score (nSPS) is 16.8. The molecule has 0 saturated carbocycles. The number of hydrogen-bond donors (Lipinski definition) is 0. The van der Waals surface area contributed by atoms with Gasteiger partial charge in [-0.15, -0.1) is 0 Å². The molecule has 0 bridgehead atoms. The van der Waals surface area contributed by atoms with E-state index < -0.39 is 5.41 Å². The monoisotopic (exact) mass is 980 g/mol. The molecule has 0 heterocycles. The van der Waals surface area contributed by atoms with Crippen LogP contribution in [0.4, 0.5) is 17.1 Å². The summed E-state index contributed by atoms with van der Waals surface area (Å²) in [4.78, 5) is 2.55. The molecule has 0 aromatic heterocycles. The van der Waals surface area contributed by atoms with E-state index in [0.717, 1.165) is 29.9 Å². The van der Waals surface area contributed by atoms with Crippen LogP contribution in [-0.4, -0.2) is 0 Å². The SMILES string of the molecule is CC(C)(C)c1ccc(C2(c3ccc(C(C)(C)C)cc3)c3ccccc3-c3ccc(N(c4ccc(-c5cccc6c5C(C)(C)c5ccccc5-6)cc4)c4ccc5c(c4)C4(CCc6ccccc64)c4ccccc4-5)cc32)cc1. The fraction of sp³-hybridized carbons (Fsp3) is 0.200. The van der Waals surface area contributed by atoms with Gasteiger partial charge in [0.1, 0.15) is 0 Å². The highest BCUT2D eigenvalue weighted by Gasteiger charge is 2.50. The predicted molar refractivity (Wildman–Crippen MR) is 319 cm³/mol. The van der Waals surface area contributed by atoms with E-state index in [2.05, 4.69) is 285 Å². The lowest BCUT2D eigenvalue weighted by atomic mass is 9.67. The molecule has 76 heavy (non-hydrogen) atoms. The van der Waals surface area contributed by atoms with Crippen LogP contribution in [0.3, 0.4) is 0 Å². The Bertz CT molecular complexity index is 3910. The molecular weight excluding hydrogens is 915 g/mol. The molecule has 1 unspecified atom stereocenters. The van der Waals surface area contributed by atoms with Crippen molar-refractivity contribution in [3.05, 3.63) is 291 Å². The molecule has 4 aliphatic carbocycles. The van der Waals surface area contributed by atoms with Crippen LogP contribution >= 0.6 is 0 Å². The standard InChI is InChI=1S/C75H65N/c1-71(2,3)50-30-34-52(35-31-50)75(53-36-32-51(33-37-53)72(4,5)6)67-27-16-12-20-59(67)62-43-41-56(47-69(62)75)76(54-38-28-48(29-39-54)57-22-17-23-63-60-21-10-14-25-65(60)73(7,8)70(57)63)55-40-42-61-58-19-11-15-26-66(58)74(68(61)46-55)45-44-49-18-9-13-24-64(49)74/h9-43,46-47H,44-45H2,1-8H3. The van der Waals surface area contributed by atoms with Crippen LogP contribution in [0.25, 0.3) is 44.5 Å². The summed E-state index contributed by atoms with van der Waals surface area (Å²) in [5.74, 6) is 0. The summed E-state index contributed by atoms with van der Waals surface area (Å²) in [6, 6.07) is 86.9. The fourth-order valence-corrected chi connectivity index (χ4v) is 14.6. The Balaban J connectivity index is 0.999. The summed E-state index contributed by atoms with van der Waals surface area (Å²) in [6.07, 6.45) is 2.11. The second kappa shape index (κ2) is 16.5. The lowest BCUT2D eigenvalue weighted by molar-refractivity contribution is 0.588. The van der Waals surface area contributed by atoms with E-state index in [1.54, 1.807) is 0 Å². The van der Waals surface area contributed by atoms with Gasteiger partial charge in [0, 0.05) is 27.9 Å². The topological polar surface area (TPSA) is 3.24 Å². The molecule has 0 N–H and O–H groups in total. The van der Waals surface area contributed by atoms with Crippen LogP contribution in [0, 0.1) is 0 Å². The molecule has 0 radical (unpaired) electrons. The first kappa shape index (κ1) is 46.5. The van der Waals surface area contributed by atoms with E-state index in [1.165, 1.54) is 111 Å². The molecule has 1 nitrogen and oxygen atoms in total. The van der Waals surface area contributed by atoms with Gasteiger partial charge in [-0.2, -0.15) is 0 Å². The largest absolute Gasteiger partial charge is 0.310 e. The van der Waals surface area contributed by atoms with Gasteiger partial charge >= 0.3 is 0 Å². The number of anilines is 3. The number of fused-ring (bicyclic) bond motifs is 13. The van der Waals surface area contributed by atoms with Crippen molar-refractivity contribution in [1.29, 1.82) is 0 Å². The molecule has 10 aromatic rings. The van der Waals surface area contributed by atoms with Crippen molar-refractivity contribution < 1.29 is 0 Å². The minimum Gasteiger partial charge on any atom is -0.310 e. The number of aryl methyl sites for hydroxylation is 1. The summed E-state index contributed by atoms with van der Waals surface area (Å²) in [5, 5.41) is 0. The lowest BCUT2D eigenvalue weighted by Crippen LogP contribution is -2.29. The van der Waals surface area contributed by atoms with Crippen molar-refractivity contribution in [3.63, 3.8) is 0 Å². The summed E-state index contributed by atoms with van der Waals surface area (Å²) in [7, 11) is 0. The maximum absolute atomic E-state index is 2.56. The first-order chi connectivity index (χ1) is 36.7. The molecule has 0 amide bonds. The van der Waals surface area contributed by atoms with Gasteiger partial charge in [-0.1, -0.05) is 243 Å². The fourth-order valence-electron chi connectivity index (χ4n) is 14.6. The van der Waals surface area contributed by atoms with Crippen LogP contribution in [0.15, 0.2) is 224 Å². The van der Waals surface area contributed by atoms with E-state index in [9.17, 15) is 0 Å². The summed E-state index contributed by atoms with van der Waals surface area (Å²) in [6.45, 7) is 18.7. The Labute approximate surface area is 450 Å². The number of nitrogens with zero attached hydrogens (tertiary/aromatic N) is 1. The van der Waals surface area contributed by atoms with Gasteiger partial charge in [-0.05, 0) is 171 Å². The Hall–Kier alpha value is -8.00. The highest BCUT2D eigenvalue weighted by molar-refractivity contribution is 5.93. The first-order valence-corrected chi connectivity index (χ1v) is 27.6. The average Bonchev–Trinajstić information content (AvgIpc) is 4.20. The van der Waals surface area contributed by atoms with Gasteiger partial charge in [-0.25, -0.2) is 0 Å². The first-order valence-electron chi connectivity index (χ1n) is 27.6. The van der Waals surface area contributed by atoms with Crippen molar-refractivity contribution in [3.8, 4) is 44.5 Å². The van der Waals surface area contributed by atoms with Crippen molar-refractivity contribution >= 4 is 17.1 Å². The molecule has 370 valence electrons. The van der Waals surface area contributed by atoms with Crippen molar-refractivity contribution in [2.24, 2.45) is 0 Å². The molecule has 0 fully saturated rings. The minimum atomic E-state index is -0.584. The van der Waals surface area contributed by atoms with Crippen molar-refractivity contribution in [2.45, 2.75) is 95.3 Å². The maximum atomic E-state index is 2.56. The Morgan fingerprint density at radius 2 is 0.803 bits per heavy atom. The third kappa shape index (κ3) is 6.57. The van der Waals surface area contributed by atoms with Gasteiger partial charge in [0.05, 0.1) is 5.41 Å². The Kier molecular flexibility index (Phi) is 10.1. The van der Waals surface area contributed by atoms with Gasteiger partial charge < -0.3 is 4.90 Å². The number of hydrogen-bond acceptors (Lipinski definition) is 1. The number of benzene rings is 10. The second-order valence-corrected chi connectivity index (χ2v) is 24.8. The summed E-state index contributed by atoms with van der Waals surface area (Å²) in [5.41, 5.74) is 29.4. The van der Waals surface area contributed by atoms with E-state index in [1.807, 2.05) is 0 Å².